The standard InChI is InChI=1S/C13H16O7.C5H6O/c14-6-8(15)10(17)12(19)13(20)11(18)9(16)7-4-2-1-3-5-7;1-2-4-6-5-3-1/h1-5,8,10,12-15,17,19-20H,6H2;1-4H,5H2. The van der Waals surface area contributed by atoms with E-state index in [1.165, 1.54) is 24.3 Å². The van der Waals surface area contributed by atoms with Gasteiger partial charge in [-0.1, -0.05) is 36.4 Å². The van der Waals surface area contributed by atoms with E-state index in [1.807, 2.05) is 18.2 Å². The van der Waals surface area contributed by atoms with Gasteiger partial charge in [0.05, 0.1) is 12.9 Å². The van der Waals surface area contributed by atoms with Crippen molar-refractivity contribution in [2.24, 2.45) is 0 Å². The minimum absolute atomic E-state index is 0.0287. The molecule has 1 aliphatic rings. The van der Waals surface area contributed by atoms with Crippen molar-refractivity contribution in [3.8, 4) is 0 Å². The summed E-state index contributed by atoms with van der Waals surface area (Å²) in [6.45, 7) is -0.137. The van der Waals surface area contributed by atoms with Gasteiger partial charge >= 0.3 is 0 Å². The lowest BCUT2D eigenvalue weighted by atomic mass is 9.96. The lowest BCUT2D eigenvalue weighted by Gasteiger charge is -2.24. The number of rotatable bonds is 7. The van der Waals surface area contributed by atoms with Crippen LogP contribution in [0.25, 0.3) is 0 Å². The molecule has 142 valence electrons. The van der Waals surface area contributed by atoms with Crippen molar-refractivity contribution in [1.82, 2.24) is 0 Å². The average Bonchev–Trinajstić information content (AvgIpc) is 2.72. The van der Waals surface area contributed by atoms with Gasteiger partial charge in [0, 0.05) is 5.56 Å². The molecule has 4 unspecified atom stereocenters. The normalized spacial score (nSPS) is 17.1. The van der Waals surface area contributed by atoms with Crippen LogP contribution in [0.2, 0.25) is 0 Å². The fourth-order valence-corrected chi connectivity index (χ4v) is 1.89. The van der Waals surface area contributed by atoms with Crippen LogP contribution in [0.1, 0.15) is 10.4 Å². The molecule has 1 aromatic carbocycles. The van der Waals surface area contributed by atoms with Gasteiger partial charge < -0.3 is 30.3 Å². The van der Waals surface area contributed by atoms with Crippen molar-refractivity contribution in [3.05, 3.63) is 60.4 Å². The number of carbonyl (C=O) groups is 2. The number of benzene rings is 1. The van der Waals surface area contributed by atoms with E-state index in [0.29, 0.717) is 0 Å². The number of aliphatic hydroxyl groups is 5. The molecular weight excluding hydrogens is 344 g/mol. The number of Topliss-reactive ketones (excluding diaryl/α,β-unsaturated/α-hetero) is 2. The molecule has 0 aliphatic carbocycles. The van der Waals surface area contributed by atoms with Crippen molar-refractivity contribution in [2.75, 3.05) is 13.2 Å². The van der Waals surface area contributed by atoms with Crippen LogP contribution in [-0.4, -0.2) is 74.7 Å². The molecule has 8 heteroatoms. The van der Waals surface area contributed by atoms with Crippen molar-refractivity contribution < 1.29 is 39.9 Å². The number of hydrogen-bond donors (Lipinski definition) is 5. The average molecular weight is 366 g/mol. The molecule has 0 aromatic heterocycles. The summed E-state index contributed by atoms with van der Waals surface area (Å²) in [7, 11) is 0. The molecule has 8 nitrogen and oxygen atoms in total. The lowest BCUT2D eigenvalue weighted by Crippen LogP contribution is -2.50. The molecule has 26 heavy (non-hydrogen) atoms. The number of ketones is 2. The van der Waals surface area contributed by atoms with E-state index >= 15 is 0 Å². The highest BCUT2D eigenvalue weighted by molar-refractivity contribution is 6.45. The molecule has 2 rings (SSSR count). The smallest absolute Gasteiger partial charge is 0.234 e. The first-order valence-corrected chi connectivity index (χ1v) is 7.80. The third-order valence-electron chi connectivity index (χ3n) is 3.40. The predicted molar refractivity (Wildman–Crippen MR) is 91.1 cm³/mol. The molecule has 1 aromatic rings. The Morgan fingerprint density at radius 2 is 1.65 bits per heavy atom. The summed E-state index contributed by atoms with van der Waals surface area (Å²) in [5.74, 6) is -2.34. The monoisotopic (exact) mass is 366 g/mol. The highest BCUT2D eigenvalue weighted by Gasteiger charge is 2.36. The van der Waals surface area contributed by atoms with Gasteiger partial charge in [-0.15, -0.1) is 0 Å². The van der Waals surface area contributed by atoms with E-state index in [1.54, 1.807) is 12.3 Å². The molecule has 0 saturated carbocycles. The lowest BCUT2D eigenvalue weighted by molar-refractivity contribution is -0.142. The Labute approximate surface area is 150 Å². The SMILES string of the molecule is C1=CCOC=C1.O=C(C(=O)C(O)C(O)C(O)C(O)CO)c1ccccc1. The topological polar surface area (TPSA) is 145 Å². The van der Waals surface area contributed by atoms with Crippen molar-refractivity contribution >= 4 is 11.6 Å². The fourth-order valence-electron chi connectivity index (χ4n) is 1.89. The van der Waals surface area contributed by atoms with Crippen LogP contribution in [0.4, 0.5) is 0 Å². The molecule has 0 fully saturated rings. The van der Waals surface area contributed by atoms with E-state index in [2.05, 4.69) is 0 Å². The summed E-state index contributed by atoms with van der Waals surface area (Å²) < 4.78 is 4.80. The molecule has 5 N–H and O–H groups in total. The molecule has 0 bridgehead atoms. The molecular formula is C18H22O8. The van der Waals surface area contributed by atoms with Crippen LogP contribution in [0.3, 0.4) is 0 Å². The first-order valence-electron chi connectivity index (χ1n) is 7.80. The highest BCUT2D eigenvalue weighted by atomic mass is 16.5. The van der Waals surface area contributed by atoms with Crippen LogP contribution in [-0.2, 0) is 9.53 Å². The fraction of sp³-hybridized carbons (Fsp3) is 0.333. The van der Waals surface area contributed by atoms with Crippen LogP contribution < -0.4 is 0 Å². The number of hydrogen-bond acceptors (Lipinski definition) is 8. The minimum atomic E-state index is -2.20. The molecule has 0 spiro atoms. The van der Waals surface area contributed by atoms with Gasteiger partial charge in [-0.2, -0.15) is 0 Å². The Kier molecular flexibility index (Phi) is 9.42. The van der Waals surface area contributed by atoms with Gasteiger partial charge in [-0.25, -0.2) is 0 Å². The van der Waals surface area contributed by atoms with E-state index < -0.39 is 42.6 Å². The first-order chi connectivity index (χ1) is 12.4. The molecule has 0 saturated heterocycles. The van der Waals surface area contributed by atoms with Gasteiger partial charge in [0.15, 0.2) is 0 Å². The van der Waals surface area contributed by atoms with Crippen LogP contribution in [0.15, 0.2) is 54.8 Å². The number of ether oxygens (including phenoxy) is 1. The van der Waals surface area contributed by atoms with Crippen LogP contribution >= 0.6 is 0 Å². The second-order valence-corrected chi connectivity index (χ2v) is 5.33. The minimum Gasteiger partial charge on any atom is -0.497 e. The third kappa shape index (κ3) is 6.51. The van der Waals surface area contributed by atoms with E-state index in [0.717, 1.165) is 6.61 Å². The Morgan fingerprint density at radius 3 is 2.08 bits per heavy atom. The summed E-state index contributed by atoms with van der Waals surface area (Å²) in [4.78, 5) is 23.4. The quantitative estimate of drug-likeness (QED) is 0.304. The zero-order valence-corrected chi connectivity index (χ0v) is 13.9. The summed E-state index contributed by atoms with van der Waals surface area (Å²) in [5, 5.41) is 46.2. The van der Waals surface area contributed by atoms with Crippen molar-refractivity contribution in [3.63, 3.8) is 0 Å². The molecule has 1 heterocycles. The van der Waals surface area contributed by atoms with E-state index in [-0.39, 0.29) is 5.56 Å². The Morgan fingerprint density at radius 1 is 1.00 bits per heavy atom. The van der Waals surface area contributed by atoms with Gasteiger partial charge in [-0.3, -0.25) is 9.59 Å². The highest BCUT2D eigenvalue weighted by Crippen LogP contribution is 2.09. The number of carbonyl (C=O) groups excluding carboxylic acids is 2. The second kappa shape index (κ2) is 11.3. The Hall–Kier alpha value is -2.36. The zero-order valence-electron chi connectivity index (χ0n) is 13.9. The van der Waals surface area contributed by atoms with Gasteiger partial charge in [-0.05, 0) is 12.2 Å². The molecule has 0 amide bonds. The summed E-state index contributed by atoms with van der Waals surface area (Å²) in [6.07, 6.45) is -0.509. The maximum atomic E-state index is 11.7. The van der Waals surface area contributed by atoms with E-state index in [9.17, 15) is 24.9 Å². The summed E-state index contributed by atoms with van der Waals surface area (Å²) >= 11 is 0. The molecule has 1 aliphatic heterocycles. The number of aliphatic hydroxyl groups excluding tert-OH is 5. The van der Waals surface area contributed by atoms with Gasteiger partial charge in [0.2, 0.25) is 11.6 Å². The Bertz CT molecular complexity index is 613. The van der Waals surface area contributed by atoms with Gasteiger partial charge in [0.25, 0.3) is 0 Å². The summed E-state index contributed by atoms with van der Waals surface area (Å²) in [5.41, 5.74) is 0.0287. The summed E-state index contributed by atoms with van der Waals surface area (Å²) in [6, 6.07) is 7.39. The van der Waals surface area contributed by atoms with Gasteiger partial charge in [0.1, 0.15) is 31.0 Å². The Balaban J connectivity index is 0.000000472. The number of allylic oxidation sites excluding steroid dienone is 2. The third-order valence-corrected chi connectivity index (χ3v) is 3.40. The maximum Gasteiger partial charge on any atom is 0.234 e. The predicted octanol–water partition coefficient (Wildman–Crippen LogP) is -1.04. The molecule has 4 atom stereocenters. The largest absolute Gasteiger partial charge is 0.497 e. The van der Waals surface area contributed by atoms with Crippen molar-refractivity contribution in [1.29, 1.82) is 0 Å². The van der Waals surface area contributed by atoms with E-state index in [4.69, 9.17) is 14.9 Å². The zero-order chi connectivity index (χ0) is 19.5. The van der Waals surface area contributed by atoms with Crippen molar-refractivity contribution in [2.45, 2.75) is 24.4 Å². The molecule has 0 radical (unpaired) electrons. The second-order valence-electron chi connectivity index (χ2n) is 5.33. The van der Waals surface area contributed by atoms with Crippen LogP contribution in [0, 0.1) is 0 Å². The first kappa shape index (κ1) is 21.7. The van der Waals surface area contributed by atoms with Crippen LogP contribution in [0.5, 0.6) is 0 Å². The maximum absolute atomic E-state index is 11.7.